The van der Waals surface area contributed by atoms with Crippen LogP contribution in [0, 0.1) is 28.5 Å². The molecule has 1 aromatic rings. The van der Waals surface area contributed by atoms with Gasteiger partial charge in [-0.3, -0.25) is 0 Å². The van der Waals surface area contributed by atoms with Gasteiger partial charge in [-0.2, -0.15) is 76.4 Å². The highest BCUT2D eigenvalue weighted by Gasteiger charge is 2.69. The first-order valence-corrected chi connectivity index (χ1v) is 6.97. The molecule has 0 aliphatic heterocycles. The predicted molar refractivity (Wildman–Crippen MR) is 65.7 cm³/mol. The van der Waals surface area contributed by atoms with Gasteiger partial charge in [-0.1, -0.05) is 0 Å². The number of alkyl halides is 15. The van der Waals surface area contributed by atoms with Crippen LogP contribution in [0.5, 0.6) is 0 Å². The molecule has 0 aromatic heterocycles. The van der Waals surface area contributed by atoms with Crippen LogP contribution in [0.25, 0.3) is 0 Å². The summed E-state index contributed by atoms with van der Waals surface area (Å²) < 4.78 is 210. The minimum atomic E-state index is -7.19. The molecule has 1 aromatic carbocycles. The molecule has 18 heteroatoms. The van der Waals surface area contributed by atoms with Crippen molar-refractivity contribution in [2.75, 3.05) is 0 Å². The van der Waals surface area contributed by atoms with Gasteiger partial charge in [0.25, 0.3) is 0 Å². The Labute approximate surface area is 164 Å². The molecule has 1 rings (SSSR count). The Morgan fingerprint density at radius 3 is 0.844 bits per heavy atom. The Bertz CT molecular complexity index is 931. The Kier molecular flexibility index (Phi) is 6.19. The second-order valence-corrected chi connectivity index (χ2v) is 5.63. The first kappa shape index (κ1) is 27.1. The van der Waals surface area contributed by atoms with E-state index in [0.29, 0.717) is 0 Å². The van der Waals surface area contributed by atoms with Crippen molar-refractivity contribution in [1.29, 1.82) is 10.5 Å². The summed E-state index contributed by atoms with van der Waals surface area (Å²) in [5, 5.41) is 17.2. The molecule has 0 N–H and O–H groups in total. The van der Waals surface area contributed by atoms with Gasteiger partial charge < -0.3 is 0 Å². The standard InChI is InChI=1S/C14F16N2/c15-8-6(10(18,19)13(25,26)27)3(1-31)5(9(16,17)12(22,23)24)4(2-32)7(8)11(20,21)14(28,29)30. The van der Waals surface area contributed by atoms with Crippen LogP contribution in [0.3, 0.4) is 0 Å². The van der Waals surface area contributed by atoms with E-state index in [9.17, 15) is 70.2 Å². The Morgan fingerprint density at radius 2 is 0.656 bits per heavy atom. The maximum Gasteiger partial charge on any atom is 0.458 e. The quantitative estimate of drug-likeness (QED) is 0.444. The molecule has 32 heavy (non-hydrogen) atoms. The van der Waals surface area contributed by atoms with Crippen molar-refractivity contribution in [3.05, 3.63) is 33.6 Å². The van der Waals surface area contributed by atoms with Crippen LogP contribution in [0.4, 0.5) is 70.2 Å². The van der Waals surface area contributed by atoms with Gasteiger partial charge in [-0.05, 0) is 0 Å². The monoisotopic (exact) mass is 500 g/mol. The Hall–Kier alpha value is -2.92. The highest BCUT2D eigenvalue weighted by molar-refractivity contribution is 5.62. The minimum Gasteiger partial charge on any atom is -0.206 e. The first-order valence-electron chi connectivity index (χ1n) is 6.97. The van der Waals surface area contributed by atoms with E-state index in [1.54, 1.807) is 0 Å². The Balaban J connectivity index is 4.66. The third-order valence-electron chi connectivity index (χ3n) is 3.67. The lowest BCUT2D eigenvalue weighted by Gasteiger charge is -2.30. The summed E-state index contributed by atoms with van der Waals surface area (Å²) in [5.74, 6) is -25.1. The summed E-state index contributed by atoms with van der Waals surface area (Å²) in [6.07, 6.45) is -21.5. The van der Waals surface area contributed by atoms with Crippen molar-refractivity contribution in [2.45, 2.75) is 36.3 Å². The number of nitriles is 2. The third-order valence-corrected chi connectivity index (χ3v) is 3.67. The van der Waals surface area contributed by atoms with Crippen molar-refractivity contribution in [1.82, 2.24) is 0 Å². The van der Waals surface area contributed by atoms with Gasteiger partial charge in [0.15, 0.2) is 0 Å². The van der Waals surface area contributed by atoms with E-state index in [0.717, 1.165) is 0 Å². The Morgan fingerprint density at radius 1 is 0.438 bits per heavy atom. The molecule has 0 unspecified atom stereocenters. The molecule has 0 radical (unpaired) electrons. The van der Waals surface area contributed by atoms with Crippen molar-refractivity contribution in [3.63, 3.8) is 0 Å². The minimum absolute atomic E-state index is 0.124. The van der Waals surface area contributed by atoms with Gasteiger partial charge in [-0.25, -0.2) is 4.39 Å². The lowest BCUT2D eigenvalue weighted by Crippen LogP contribution is -2.42. The molecule has 2 nitrogen and oxygen atoms in total. The second kappa shape index (κ2) is 7.31. The van der Waals surface area contributed by atoms with E-state index in [4.69, 9.17) is 10.5 Å². The SMILES string of the molecule is N#Cc1c(C(F)(F)C(F)(F)F)c(F)c(C(F)(F)C(F)(F)F)c(C#N)c1C(F)(F)C(F)(F)F. The molecule has 178 valence electrons. The fraction of sp³-hybridized carbons (Fsp3) is 0.429. The predicted octanol–water partition coefficient (Wildman–Crippen LogP) is 6.53. The molecule has 0 fully saturated rings. The summed E-state index contributed by atoms with van der Waals surface area (Å²) in [5.41, 5.74) is -18.3. The van der Waals surface area contributed by atoms with Crippen molar-refractivity contribution >= 4 is 0 Å². The van der Waals surface area contributed by atoms with Gasteiger partial charge in [0.05, 0.1) is 27.8 Å². The van der Waals surface area contributed by atoms with E-state index in [1.165, 1.54) is 0 Å². The molecule has 0 aliphatic rings. The maximum atomic E-state index is 14.3. The van der Waals surface area contributed by atoms with Crippen molar-refractivity contribution in [3.8, 4) is 12.1 Å². The van der Waals surface area contributed by atoms with E-state index < -0.39 is 69.9 Å². The average Bonchev–Trinajstić information content (AvgIpc) is 2.56. The van der Waals surface area contributed by atoms with Crippen LogP contribution in [-0.4, -0.2) is 18.5 Å². The molecule has 0 amide bonds. The van der Waals surface area contributed by atoms with E-state index in [-0.39, 0.29) is 12.1 Å². The van der Waals surface area contributed by atoms with E-state index in [1.807, 2.05) is 0 Å². The molecular weight excluding hydrogens is 500 g/mol. The smallest absolute Gasteiger partial charge is 0.206 e. The molecule has 0 saturated heterocycles. The third kappa shape index (κ3) is 3.75. The molecule has 0 spiro atoms. The van der Waals surface area contributed by atoms with Gasteiger partial charge in [0.2, 0.25) is 0 Å². The molecule has 0 aliphatic carbocycles. The van der Waals surface area contributed by atoms with E-state index >= 15 is 0 Å². The van der Waals surface area contributed by atoms with Gasteiger partial charge in [0, 0.05) is 0 Å². The fourth-order valence-electron chi connectivity index (χ4n) is 2.27. The average molecular weight is 500 g/mol. The molecule has 0 bridgehead atoms. The van der Waals surface area contributed by atoms with Gasteiger partial charge in [-0.15, -0.1) is 0 Å². The van der Waals surface area contributed by atoms with Crippen LogP contribution in [0.15, 0.2) is 0 Å². The summed E-state index contributed by atoms with van der Waals surface area (Å²) in [6, 6.07) is -0.247. The molecular formula is C14F16N2. The second-order valence-electron chi connectivity index (χ2n) is 5.63. The zero-order chi connectivity index (χ0) is 25.9. The number of rotatable bonds is 3. The van der Waals surface area contributed by atoms with E-state index in [2.05, 4.69) is 0 Å². The van der Waals surface area contributed by atoms with Crippen molar-refractivity contribution < 1.29 is 70.2 Å². The van der Waals surface area contributed by atoms with Gasteiger partial charge >= 0.3 is 36.3 Å². The van der Waals surface area contributed by atoms with Crippen LogP contribution in [0.1, 0.15) is 27.8 Å². The highest BCUT2D eigenvalue weighted by Crippen LogP contribution is 2.56. The molecule has 0 saturated carbocycles. The van der Waals surface area contributed by atoms with Crippen LogP contribution < -0.4 is 0 Å². The van der Waals surface area contributed by atoms with Crippen LogP contribution in [0.2, 0.25) is 0 Å². The lowest BCUT2D eigenvalue weighted by molar-refractivity contribution is -0.297. The number of nitrogens with zero attached hydrogens (tertiary/aromatic N) is 2. The van der Waals surface area contributed by atoms with Crippen LogP contribution in [-0.2, 0) is 17.8 Å². The first-order chi connectivity index (χ1) is 13.9. The maximum absolute atomic E-state index is 14.3. The highest BCUT2D eigenvalue weighted by atomic mass is 19.4. The summed E-state index contributed by atoms with van der Waals surface area (Å²) in [4.78, 5) is 0. The van der Waals surface area contributed by atoms with Crippen LogP contribution >= 0.6 is 0 Å². The molecule has 0 heterocycles. The zero-order valence-corrected chi connectivity index (χ0v) is 13.9. The topological polar surface area (TPSA) is 47.6 Å². The summed E-state index contributed by atoms with van der Waals surface area (Å²) in [6.45, 7) is 0. The zero-order valence-electron chi connectivity index (χ0n) is 13.9. The van der Waals surface area contributed by atoms with Crippen molar-refractivity contribution in [2.24, 2.45) is 0 Å². The number of halogens is 16. The number of hydrogen-bond acceptors (Lipinski definition) is 2. The van der Waals surface area contributed by atoms with Gasteiger partial charge in [0.1, 0.15) is 18.0 Å². The summed E-state index contributed by atoms with van der Waals surface area (Å²) in [7, 11) is 0. The molecule has 0 atom stereocenters. The normalized spacial score (nSPS) is 14.2. The lowest BCUT2D eigenvalue weighted by atomic mass is 9.83. The number of hydrogen-bond donors (Lipinski definition) is 0. The number of benzene rings is 1. The summed E-state index contributed by atoms with van der Waals surface area (Å²) >= 11 is 0. The fourth-order valence-corrected chi connectivity index (χ4v) is 2.27. The largest absolute Gasteiger partial charge is 0.458 e.